The van der Waals surface area contributed by atoms with Gasteiger partial charge >= 0.3 is 0 Å². The lowest BCUT2D eigenvalue weighted by Crippen LogP contribution is -2.30. The number of nitrogens with zero attached hydrogens (tertiary/aromatic N) is 2. The molecule has 0 bridgehead atoms. The molecule has 0 aliphatic carbocycles. The van der Waals surface area contributed by atoms with Crippen LogP contribution in [0, 0.1) is 0 Å². The first-order valence-corrected chi connectivity index (χ1v) is 8.99. The minimum Gasteiger partial charge on any atom is -0.385 e. The Hall–Kier alpha value is -2.21. The second-order valence-corrected chi connectivity index (χ2v) is 6.56. The SMILES string of the molecule is COCCCN[C@H](C)c1nc2ccccc2c(=O)n1-c1ccc(Cl)cc1. The normalized spacial score (nSPS) is 12.4. The van der Waals surface area contributed by atoms with Gasteiger partial charge in [-0.25, -0.2) is 4.98 Å². The topological polar surface area (TPSA) is 56.1 Å². The number of hydrogen-bond donors (Lipinski definition) is 1. The van der Waals surface area contributed by atoms with Gasteiger partial charge in [0.1, 0.15) is 5.82 Å². The number of ether oxygens (including phenoxy) is 1. The van der Waals surface area contributed by atoms with Gasteiger partial charge in [-0.05, 0) is 56.3 Å². The quantitative estimate of drug-likeness (QED) is 0.643. The van der Waals surface area contributed by atoms with E-state index in [4.69, 9.17) is 21.3 Å². The van der Waals surface area contributed by atoms with Crippen LogP contribution in [0.2, 0.25) is 5.02 Å². The second kappa shape index (κ2) is 8.45. The molecule has 1 N–H and O–H groups in total. The Morgan fingerprint density at radius 2 is 1.92 bits per heavy atom. The van der Waals surface area contributed by atoms with Gasteiger partial charge in [0.2, 0.25) is 0 Å². The fraction of sp³-hybridized carbons (Fsp3) is 0.300. The van der Waals surface area contributed by atoms with Gasteiger partial charge < -0.3 is 10.1 Å². The molecule has 0 unspecified atom stereocenters. The van der Waals surface area contributed by atoms with E-state index in [1.165, 1.54) is 0 Å². The molecular weight excluding hydrogens is 350 g/mol. The fourth-order valence-corrected chi connectivity index (χ4v) is 3.03. The summed E-state index contributed by atoms with van der Waals surface area (Å²) in [6.45, 7) is 3.48. The number of aromatic nitrogens is 2. The summed E-state index contributed by atoms with van der Waals surface area (Å²) in [4.78, 5) is 17.9. The highest BCUT2D eigenvalue weighted by Crippen LogP contribution is 2.19. The zero-order valence-corrected chi connectivity index (χ0v) is 15.7. The van der Waals surface area contributed by atoms with Gasteiger partial charge in [0.25, 0.3) is 5.56 Å². The molecule has 1 heterocycles. The Morgan fingerprint density at radius 3 is 2.65 bits per heavy atom. The van der Waals surface area contributed by atoms with Gasteiger partial charge in [-0.2, -0.15) is 0 Å². The molecular formula is C20H22ClN3O2. The highest BCUT2D eigenvalue weighted by molar-refractivity contribution is 6.30. The molecule has 3 aromatic rings. The molecule has 0 spiro atoms. The van der Waals surface area contributed by atoms with Crippen LogP contribution < -0.4 is 10.9 Å². The smallest absolute Gasteiger partial charge is 0.266 e. The fourth-order valence-electron chi connectivity index (χ4n) is 2.91. The minimum atomic E-state index is -0.0974. The molecule has 0 aliphatic rings. The van der Waals surface area contributed by atoms with Gasteiger partial charge in [0.15, 0.2) is 0 Å². The first-order valence-electron chi connectivity index (χ1n) is 8.62. The number of halogens is 1. The maximum absolute atomic E-state index is 13.2. The molecule has 5 nitrogen and oxygen atoms in total. The van der Waals surface area contributed by atoms with E-state index in [0.29, 0.717) is 28.4 Å². The Bertz CT molecular complexity index is 938. The molecule has 1 atom stereocenters. The van der Waals surface area contributed by atoms with Gasteiger partial charge in [-0.3, -0.25) is 9.36 Å². The number of nitrogens with one attached hydrogen (secondary N) is 1. The molecule has 0 saturated heterocycles. The van der Waals surface area contributed by atoms with E-state index in [-0.39, 0.29) is 11.6 Å². The van der Waals surface area contributed by atoms with Crippen molar-refractivity contribution in [2.75, 3.05) is 20.3 Å². The van der Waals surface area contributed by atoms with Crippen LogP contribution in [0.25, 0.3) is 16.6 Å². The Labute approximate surface area is 157 Å². The van der Waals surface area contributed by atoms with Crippen molar-refractivity contribution in [2.45, 2.75) is 19.4 Å². The third-order valence-corrected chi connectivity index (χ3v) is 4.50. The molecule has 0 saturated carbocycles. The van der Waals surface area contributed by atoms with Crippen molar-refractivity contribution in [3.8, 4) is 5.69 Å². The molecule has 0 aliphatic heterocycles. The lowest BCUT2D eigenvalue weighted by Gasteiger charge is -2.19. The Kier molecular flexibility index (Phi) is 6.04. The summed E-state index contributed by atoms with van der Waals surface area (Å²) in [5.74, 6) is 0.674. The van der Waals surface area contributed by atoms with E-state index >= 15 is 0 Å². The molecule has 0 amide bonds. The van der Waals surface area contributed by atoms with Gasteiger partial charge in [-0.15, -0.1) is 0 Å². The number of rotatable bonds is 7. The van der Waals surface area contributed by atoms with E-state index in [0.717, 1.165) is 18.7 Å². The van der Waals surface area contributed by atoms with Crippen molar-refractivity contribution in [3.05, 3.63) is 69.7 Å². The Balaban J connectivity index is 2.08. The number of benzene rings is 2. The first-order chi connectivity index (χ1) is 12.6. The van der Waals surface area contributed by atoms with Crippen LogP contribution in [0.3, 0.4) is 0 Å². The average Bonchev–Trinajstić information content (AvgIpc) is 2.66. The Morgan fingerprint density at radius 1 is 1.19 bits per heavy atom. The van der Waals surface area contributed by atoms with E-state index in [1.807, 2.05) is 37.3 Å². The maximum atomic E-state index is 13.2. The summed E-state index contributed by atoms with van der Waals surface area (Å²) >= 11 is 6.01. The lowest BCUT2D eigenvalue weighted by molar-refractivity contribution is 0.193. The molecule has 2 aromatic carbocycles. The van der Waals surface area contributed by atoms with Crippen LogP contribution in [-0.2, 0) is 4.74 Å². The van der Waals surface area contributed by atoms with Crippen molar-refractivity contribution in [1.29, 1.82) is 0 Å². The number of hydrogen-bond acceptors (Lipinski definition) is 4. The van der Waals surface area contributed by atoms with E-state index in [2.05, 4.69) is 5.32 Å². The monoisotopic (exact) mass is 371 g/mol. The number of methoxy groups -OCH3 is 1. The number of fused-ring (bicyclic) bond motifs is 1. The largest absolute Gasteiger partial charge is 0.385 e. The first kappa shape index (κ1) is 18.6. The third-order valence-electron chi connectivity index (χ3n) is 4.25. The third kappa shape index (κ3) is 3.96. The van der Waals surface area contributed by atoms with Crippen molar-refractivity contribution in [3.63, 3.8) is 0 Å². The van der Waals surface area contributed by atoms with Crippen molar-refractivity contribution < 1.29 is 4.74 Å². The van der Waals surface area contributed by atoms with E-state index in [9.17, 15) is 4.79 Å². The summed E-state index contributed by atoms with van der Waals surface area (Å²) in [7, 11) is 1.69. The molecule has 1 aromatic heterocycles. The lowest BCUT2D eigenvalue weighted by atomic mass is 10.2. The van der Waals surface area contributed by atoms with Gasteiger partial charge in [-0.1, -0.05) is 23.7 Å². The summed E-state index contributed by atoms with van der Waals surface area (Å²) < 4.78 is 6.75. The molecule has 26 heavy (non-hydrogen) atoms. The molecule has 0 radical (unpaired) electrons. The van der Waals surface area contributed by atoms with E-state index < -0.39 is 0 Å². The van der Waals surface area contributed by atoms with Crippen molar-refractivity contribution >= 4 is 22.5 Å². The molecule has 136 valence electrons. The maximum Gasteiger partial charge on any atom is 0.266 e. The summed E-state index contributed by atoms with van der Waals surface area (Å²) in [6.07, 6.45) is 0.888. The average molecular weight is 372 g/mol. The van der Waals surface area contributed by atoms with Gasteiger partial charge in [0, 0.05) is 18.7 Å². The summed E-state index contributed by atoms with van der Waals surface area (Å²) in [5.41, 5.74) is 1.36. The second-order valence-electron chi connectivity index (χ2n) is 6.13. The van der Waals surface area contributed by atoms with Crippen LogP contribution in [0.1, 0.15) is 25.2 Å². The zero-order valence-electron chi connectivity index (χ0n) is 14.9. The van der Waals surface area contributed by atoms with Crippen LogP contribution in [0.15, 0.2) is 53.3 Å². The minimum absolute atomic E-state index is 0.0848. The molecule has 3 rings (SSSR count). The predicted octanol–water partition coefficient (Wildman–Crippen LogP) is 3.73. The molecule has 6 heteroatoms. The van der Waals surface area contributed by atoms with Crippen molar-refractivity contribution in [2.24, 2.45) is 0 Å². The number of para-hydroxylation sites is 1. The van der Waals surface area contributed by atoms with Gasteiger partial charge in [0.05, 0.1) is 22.6 Å². The predicted molar refractivity (Wildman–Crippen MR) is 105 cm³/mol. The highest BCUT2D eigenvalue weighted by atomic mass is 35.5. The van der Waals surface area contributed by atoms with Crippen molar-refractivity contribution in [1.82, 2.24) is 14.9 Å². The van der Waals surface area contributed by atoms with E-state index in [1.54, 1.807) is 29.9 Å². The van der Waals surface area contributed by atoms with Crippen LogP contribution in [0.5, 0.6) is 0 Å². The highest BCUT2D eigenvalue weighted by Gasteiger charge is 2.17. The summed E-state index contributed by atoms with van der Waals surface area (Å²) in [6, 6.07) is 14.5. The molecule has 0 fully saturated rings. The zero-order chi connectivity index (χ0) is 18.5. The van der Waals surface area contributed by atoms with Crippen LogP contribution >= 0.6 is 11.6 Å². The van der Waals surface area contributed by atoms with Crippen LogP contribution in [0.4, 0.5) is 0 Å². The van der Waals surface area contributed by atoms with Crippen LogP contribution in [-0.4, -0.2) is 29.8 Å². The standard InChI is InChI=1S/C20H22ClN3O2/c1-14(22-12-5-13-26-2)19-23-18-7-4-3-6-17(18)20(25)24(19)16-10-8-15(21)9-11-16/h3-4,6-11,14,22H,5,12-13H2,1-2H3/t14-/m1/s1. The summed E-state index contributed by atoms with van der Waals surface area (Å²) in [5, 5.41) is 4.64.